The van der Waals surface area contributed by atoms with E-state index in [4.69, 9.17) is 15.4 Å². The van der Waals surface area contributed by atoms with E-state index in [-0.39, 0.29) is 17.7 Å². The first kappa shape index (κ1) is 25.4. The Kier molecular flexibility index (Phi) is 6.90. The predicted molar refractivity (Wildman–Crippen MR) is 148 cm³/mol. The highest BCUT2D eigenvalue weighted by atomic mass is 16.4. The zero-order valence-corrected chi connectivity index (χ0v) is 22.7. The molecule has 4 aliphatic rings. The summed E-state index contributed by atoms with van der Waals surface area (Å²) in [6, 6.07) is 1.26. The van der Waals surface area contributed by atoms with Crippen LogP contribution in [0.25, 0.3) is 11.2 Å². The topological polar surface area (TPSA) is 132 Å². The lowest BCUT2D eigenvalue weighted by Gasteiger charge is -2.37. The molecule has 3 atom stereocenters. The molecule has 2 bridgehead atoms. The van der Waals surface area contributed by atoms with E-state index in [0.29, 0.717) is 35.4 Å². The van der Waals surface area contributed by atoms with Crippen molar-refractivity contribution in [2.24, 2.45) is 17.8 Å². The van der Waals surface area contributed by atoms with Crippen molar-refractivity contribution < 1.29 is 9.90 Å². The number of fused-ring (bicyclic) bond motifs is 3. The molecule has 2 aliphatic heterocycles. The number of carbonyl (C=O) groups is 1. The first-order chi connectivity index (χ1) is 18.4. The normalized spacial score (nSPS) is 28.2. The first-order valence-electron chi connectivity index (χ1n) is 14.8. The lowest BCUT2D eigenvalue weighted by atomic mass is 9.80. The van der Waals surface area contributed by atoms with Crippen molar-refractivity contribution in [1.82, 2.24) is 24.8 Å². The van der Waals surface area contributed by atoms with Crippen LogP contribution < -0.4 is 15.5 Å². The van der Waals surface area contributed by atoms with Gasteiger partial charge in [-0.1, -0.05) is 26.2 Å². The highest BCUT2D eigenvalue weighted by Crippen LogP contribution is 2.42. The number of aromatic nitrogens is 4. The average Bonchev–Trinajstić information content (AvgIpc) is 3.31. The second-order valence-electron chi connectivity index (χ2n) is 12.4. The zero-order chi connectivity index (χ0) is 26.4. The summed E-state index contributed by atoms with van der Waals surface area (Å²) in [4.78, 5) is 28.4. The molecular formula is C28H42N8O2. The summed E-state index contributed by atoms with van der Waals surface area (Å²) in [7, 11) is 0. The molecule has 2 unspecified atom stereocenters. The fraction of sp³-hybridized carbons (Fsp3) is 0.750. The van der Waals surface area contributed by atoms with Gasteiger partial charge in [-0.05, 0) is 82.5 Å². The van der Waals surface area contributed by atoms with Gasteiger partial charge in [0, 0.05) is 24.7 Å². The van der Waals surface area contributed by atoms with Gasteiger partial charge in [0.25, 0.3) is 0 Å². The van der Waals surface area contributed by atoms with Crippen LogP contribution in [0, 0.1) is 23.2 Å². The van der Waals surface area contributed by atoms with Crippen molar-refractivity contribution in [1.29, 1.82) is 5.41 Å². The van der Waals surface area contributed by atoms with Gasteiger partial charge in [0.1, 0.15) is 5.52 Å². The molecule has 0 aromatic carbocycles. The van der Waals surface area contributed by atoms with E-state index in [0.717, 1.165) is 23.9 Å². The van der Waals surface area contributed by atoms with Gasteiger partial charge in [-0.15, -0.1) is 0 Å². The maximum Gasteiger partial charge on any atom is 0.410 e. The second-order valence-corrected chi connectivity index (χ2v) is 12.4. The molecule has 0 spiro atoms. The molecule has 38 heavy (non-hydrogen) atoms. The third-order valence-corrected chi connectivity index (χ3v) is 9.76. The first-order valence-corrected chi connectivity index (χ1v) is 14.8. The van der Waals surface area contributed by atoms with E-state index in [1.54, 1.807) is 0 Å². The van der Waals surface area contributed by atoms with E-state index in [1.165, 1.54) is 77.0 Å². The Labute approximate surface area is 224 Å². The Morgan fingerprint density at radius 2 is 1.68 bits per heavy atom. The number of rotatable bonds is 7. The molecule has 2 aromatic rings. The smallest absolute Gasteiger partial charge is 0.410 e. The summed E-state index contributed by atoms with van der Waals surface area (Å²) in [6.07, 6.45) is 13.5. The molecule has 2 saturated heterocycles. The second kappa shape index (κ2) is 10.3. The SMILES string of the molecule is CC1CCC(Cn2c(N3C4CCCC3CC4)nc3nc(C(=N)NC(=O)O)nc(N[C@H](C)C4CCC4)c32)CC1. The standard InChI is InChI=1S/C28H42N8O2/c1-16-9-11-18(12-10-16)15-35-22-24(30-17(2)19-5-3-6-19)32-26(23(29)31-28(37)38)33-25(22)34-27(35)36-20-7-4-8-21(36)14-13-20/h16-21H,3-15H2,1-2H3,(H2,29,31)(H,37,38)(H,30,32,33)/t16?,17-,18?,20?,21?/m1/s1. The number of anilines is 2. The van der Waals surface area contributed by atoms with E-state index in [9.17, 15) is 9.90 Å². The number of nitrogens with zero attached hydrogens (tertiary/aromatic N) is 5. The summed E-state index contributed by atoms with van der Waals surface area (Å²) >= 11 is 0. The van der Waals surface area contributed by atoms with Crippen molar-refractivity contribution in [3.05, 3.63) is 5.82 Å². The van der Waals surface area contributed by atoms with Crippen molar-refractivity contribution in [3.63, 3.8) is 0 Å². The maximum atomic E-state index is 11.3. The largest absolute Gasteiger partial charge is 0.465 e. The highest BCUT2D eigenvalue weighted by molar-refractivity contribution is 6.03. The average molecular weight is 523 g/mol. The molecule has 2 aromatic heterocycles. The molecule has 2 saturated carbocycles. The minimum atomic E-state index is -1.29. The Hall–Kier alpha value is -2.91. The van der Waals surface area contributed by atoms with Gasteiger partial charge in [-0.3, -0.25) is 10.7 Å². The van der Waals surface area contributed by atoms with Crippen LogP contribution in [-0.2, 0) is 6.54 Å². The monoisotopic (exact) mass is 522 g/mol. The number of imidazole rings is 1. The minimum Gasteiger partial charge on any atom is -0.465 e. The Morgan fingerprint density at radius 3 is 2.32 bits per heavy atom. The van der Waals surface area contributed by atoms with Crippen molar-refractivity contribution in [2.45, 2.75) is 116 Å². The van der Waals surface area contributed by atoms with E-state index in [2.05, 4.69) is 38.9 Å². The number of amides is 1. The molecule has 6 rings (SSSR count). The molecular weight excluding hydrogens is 480 g/mol. The van der Waals surface area contributed by atoms with Crippen LogP contribution in [-0.4, -0.2) is 54.7 Å². The molecule has 206 valence electrons. The van der Waals surface area contributed by atoms with Crippen molar-refractivity contribution in [3.8, 4) is 0 Å². The number of hydrogen-bond acceptors (Lipinski definition) is 7. The fourth-order valence-corrected chi connectivity index (χ4v) is 7.26. The summed E-state index contributed by atoms with van der Waals surface area (Å²) in [5.74, 6) is 3.38. The Bertz CT molecular complexity index is 1180. The third kappa shape index (κ3) is 4.82. The van der Waals surface area contributed by atoms with Gasteiger partial charge in [0.2, 0.25) is 5.95 Å². The minimum absolute atomic E-state index is 0.0625. The van der Waals surface area contributed by atoms with E-state index < -0.39 is 6.09 Å². The molecule has 1 amide bonds. The predicted octanol–water partition coefficient (Wildman–Crippen LogP) is 5.37. The molecule has 2 aliphatic carbocycles. The quantitative estimate of drug-likeness (QED) is 0.284. The summed E-state index contributed by atoms with van der Waals surface area (Å²) in [5, 5.41) is 23.3. The molecule has 4 N–H and O–H groups in total. The summed E-state index contributed by atoms with van der Waals surface area (Å²) in [6.45, 7) is 5.46. The number of piperidine rings is 1. The van der Waals surface area contributed by atoms with Crippen LogP contribution in [0.5, 0.6) is 0 Å². The van der Waals surface area contributed by atoms with Gasteiger partial charge in [-0.2, -0.15) is 4.98 Å². The highest BCUT2D eigenvalue weighted by Gasteiger charge is 2.40. The van der Waals surface area contributed by atoms with Crippen LogP contribution in [0.4, 0.5) is 16.6 Å². The van der Waals surface area contributed by atoms with E-state index >= 15 is 0 Å². The lowest BCUT2D eigenvalue weighted by Crippen LogP contribution is -2.41. The molecule has 10 nitrogen and oxygen atoms in total. The maximum absolute atomic E-state index is 11.3. The van der Waals surface area contributed by atoms with Crippen LogP contribution in [0.2, 0.25) is 0 Å². The molecule has 4 fully saturated rings. The number of amidine groups is 1. The zero-order valence-electron chi connectivity index (χ0n) is 22.7. The van der Waals surface area contributed by atoms with Crippen LogP contribution in [0.1, 0.15) is 96.7 Å². The number of nitrogens with one attached hydrogen (secondary N) is 3. The molecule has 10 heteroatoms. The van der Waals surface area contributed by atoms with Crippen LogP contribution >= 0.6 is 0 Å². The van der Waals surface area contributed by atoms with Crippen molar-refractivity contribution >= 4 is 34.9 Å². The Balaban J connectivity index is 1.46. The van der Waals surface area contributed by atoms with Gasteiger partial charge < -0.3 is 19.9 Å². The number of carboxylic acid groups (broad SMARTS) is 1. The van der Waals surface area contributed by atoms with Crippen LogP contribution in [0.15, 0.2) is 0 Å². The van der Waals surface area contributed by atoms with Gasteiger partial charge in [0.05, 0.1) is 0 Å². The fourth-order valence-electron chi connectivity index (χ4n) is 7.26. The van der Waals surface area contributed by atoms with Gasteiger partial charge in [-0.25, -0.2) is 14.8 Å². The van der Waals surface area contributed by atoms with Crippen LogP contribution in [0.3, 0.4) is 0 Å². The third-order valence-electron chi connectivity index (χ3n) is 9.76. The Morgan fingerprint density at radius 1 is 1.00 bits per heavy atom. The molecule has 0 radical (unpaired) electrons. The number of hydrogen-bond donors (Lipinski definition) is 4. The lowest BCUT2D eigenvalue weighted by molar-refractivity contribution is 0.200. The van der Waals surface area contributed by atoms with Gasteiger partial charge in [0.15, 0.2) is 23.1 Å². The van der Waals surface area contributed by atoms with Crippen molar-refractivity contribution in [2.75, 3.05) is 10.2 Å². The van der Waals surface area contributed by atoms with Gasteiger partial charge >= 0.3 is 6.09 Å². The summed E-state index contributed by atoms with van der Waals surface area (Å²) < 4.78 is 2.39. The molecule has 4 heterocycles. The summed E-state index contributed by atoms with van der Waals surface area (Å²) in [5.41, 5.74) is 1.46. The van der Waals surface area contributed by atoms with E-state index in [1.807, 2.05) is 0 Å².